The van der Waals surface area contributed by atoms with Crippen LogP contribution in [0.4, 0.5) is 21.3 Å². The van der Waals surface area contributed by atoms with Crippen LogP contribution in [0.25, 0.3) is 0 Å². The normalized spacial score (nSPS) is 13.7. The van der Waals surface area contributed by atoms with Gasteiger partial charge in [-0.25, -0.2) is 9.78 Å². The number of carbonyl (C=O) groups is 3. The van der Waals surface area contributed by atoms with Crippen LogP contribution >= 0.6 is 23.1 Å². The summed E-state index contributed by atoms with van der Waals surface area (Å²) in [5.74, 6) is -0.541. The van der Waals surface area contributed by atoms with Gasteiger partial charge in [-0.3, -0.25) is 19.4 Å². The van der Waals surface area contributed by atoms with E-state index in [1.807, 2.05) is 18.2 Å². The highest BCUT2D eigenvalue weighted by molar-refractivity contribution is 8.01. The third-order valence-corrected chi connectivity index (χ3v) is 7.22. The summed E-state index contributed by atoms with van der Waals surface area (Å²) in [4.78, 5) is 43.4. The summed E-state index contributed by atoms with van der Waals surface area (Å²) in [6, 6.07) is 7.24. The van der Waals surface area contributed by atoms with E-state index < -0.39 is 5.97 Å². The van der Waals surface area contributed by atoms with Crippen molar-refractivity contribution in [1.82, 2.24) is 4.98 Å². The molecule has 1 aliphatic carbocycles. The number of carbonyl (C=O) groups excluding carboxylic acids is 2. The van der Waals surface area contributed by atoms with Crippen molar-refractivity contribution < 1.29 is 19.5 Å². The molecule has 0 bridgehead atoms. The molecule has 0 aliphatic heterocycles. The van der Waals surface area contributed by atoms with E-state index in [0.717, 1.165) is 35.6 Å². The molecule has 1 saturated carbocycles. The van der Waals surface area contributed by atoms with Crippen molar-refractivity contribution in [2.75, 3.05) is 27.9 Å². The van der Waals surface area contributed by atoms with Gasteiger partial charge in [0.1, 0.15) is 0 Å². The van der Waals surface area contributed by atoms with Gasteiger partial charge in [0.05, 0.1) is 16.8 Å². The predicted molar refractivity (Wildman–Crippen MR) is 124 cm³/mol. The van der Waals surface area contributed by atoms with Crippen LogP contribution in [-0.4, -0.2) is 46.8 Å². The first-order chi connectivity index (χ1) is 14.8. The first-order valence-corrected chi connectivity index (χ1v) is 11.9. The molecule has 3 rings (SSSR count). The van der Waals surface area contributed by atoms with E-state index in [1.54, 1.807) is 24.2 Å². The summed E-state index contributed by atoms with van der Waals surface area (Å²) >= 11 is 2.79. The average molecular weight is 463 g/mol. The van der Waals surface area contributed by atoms with Crippen molar-refractivity contribution in [1.29, 1.82) is 0 Å². The highest BCUT2D eigenvalue weighted by atomic mass is 32.2. The maximum absolute atomic E-state index is 13.5. The first-order valence-electron chi connectivity index (χ1n) is 10.1. The maximum atomic E-state index is 13.5. The van der Waals surface area contributed by atoms with Gasteiger partial charge < -0.3 is 10.4 Å². The smallest absolute Gasteiger partial charge is 0.330 e. The van der Waals surface area contributed by atoms with Gasteiger partial charge in [0, 0.05) is 37.1 Å². The highest BCUT2D eigenvalue weighted by Gasteiger charge is 2.31. The lowest BCUT2D eigenvalue weighted by molar-refractivity contribution is -0.136. The zero-order valence-corrected chi connectivity index (χ0v) is 19.2. The number of amides is 3. The molecule has 1 aliphatic rings. The number of thiazole rings is 1. The summed E-state index contributed by atoms with van der Waals surface area (Å²) in [6.07, 6.45) is 5.76. The number of rotatable bonds is 8. The molecule has 3 amide bonds. The van der Waals surface area contributed by atoms with Gasteiger partial charge in [0.15, 0.2) is 5.13 Å². The molecule has 0 saturated heterocycles. The fourth-order valence-corrected chi connectivity index (χ4v) is 5.45. The number of thioether (sulfide) groups is 1. The molecular weight excluding hydrogens is 436 g/mol. The highest BCUT2D eigenvalue weighted by Crippen LogP contribution is 2.34. The number of hydrogen-bond acceptors (Lipinski definition) is 6. The maximum Gasteiger partial charge on any atom is 0.330 e. The fourth-order valence-electron chi connectivity index (χ4n) is 3.53. The van der Waals surface area contributed by atoms with Gasteiger partial charge in [0.2, 0.25) is 5.91 Å². The molecule has 0 spiro atoms. The monoisotopic (exact) mass is 462 g/mol. The average Bonchev–Trinajstić information content (AvgIpc) is 3.39. The Hall–Kier alpha value is -2.59. The van der Waals surface area contributed by atoms with E-state index in [9.17, 15) is 14.4 Å². The Morgan fingerprint density at radius 1 is 1.29 bits per heavy atom. The van der Waals surface area contributed by atoms with Crippen LogP contribution in [0.2, 0.25) is 0 Å². The zero-order valence-electron chi connectivity index (χ0n) is 17.5. The minimum Gasteiger partial charge on any atom is -0.481 e. The van der Waals surface area contributed by atoms with Crippen molar-refractivity contribution in [3.63, 3.8) is 0 Å². The minimum absolute atomic E-state index is 0.0762. The lowest BCUT2D eigenvalue weighted by atomic mass is 10.1. The summed E-state index contributed by atoms with van der Waals surface area (Å²) in [5, 5.41) is 12.1. The molecule has 0 radical (unpaired) electrons. The molecule has 1 aromatic heterocycles. The topological polar surface area (TPSA) is 103 Å². The number of aromatic nitrogens is 1. The zero-order chi connectivity index (χ0) is 22.4. The Morgan fingerprint density at radius 2 is 2.03 bits per heavy atom. The molecule has 1 fully saturated rings. The number of hydrogen-bond donors (Lipinski definition) is 2. The van der Waals surface area contributed by atoms with Crippen LogP contribution in [0.1, 0.15) is 39.0 Å². The van der Waals surface area contributed by atoms with Gasteiger partial charge in [-0.1, -0.05) is 30.2 Å². The van der Waals surface area contributed by atoms with Crippen LogP contribution in [-0.2, 0) is 9.59 Å². The van der Waals surface area contributed by atoms with Crippen LogP contribution in [0.5, 0.6) is 0 Å². The summed E-state index contributed by atoms with van der Waals surface area (Å²) in [6.45, 7) is 1.45. The number of benzene rings is 1. The largest absolute Gasteiger partial charge is 0.481 e. The van der Waals surface area contributed by atoms with Gasteiger partial charge in [0.25, 0.3) is 0 Å². The number of carboxylic acid groups (broad SMARTS) is 1. The van der Waals surface area contributed by atoms with Crippen molar-refractivity contribution in [2.45, 2.75) is 49.3 Å². The van der Waals surface area contributed by atoms with Crippen LogP contribution in [0.3, 0.4) is 0 Å². The lowest BCUT2D eigenvalue weighted by Gasteiger charge is -2.32. The predicted octanol–water partition coefficient (Wildman–Crippen LogP) is 4.67. The second-order valence-electron chi connectivity index (χ2n) is 7.34. The molecule has 10 heteroatoms. The van der Waals surface area contributed by atoms with Gasteiger partial charge in [-0.2, -0.15) is 0 Å². The molecule has 2 aromatic rings. The Bertz CT molecular complexity index is 943. The van der Waals surface area contributed by atoms with E-state index in [4.69, 9.17) is 5.11 Å². The summed E-state index contributed by atoms with van der Waals surface area (Å²) < 4.78 is 0.871. The van der Waals surface area contributed by atoms with Crippen molar-refractivity contribution in [3.05, 3.63) is 30.5 Å². The lowest BCUT2D eigenvalue weighted by Crippen LogP contribution is -2.46. The summed E-state index contributed by atoms with van der Waals surface area (Å²) in [7, 11) is 1.70. The molecular formula is C21H26N4O4S2. The number of nitrogens with zero attached hydrogens (tertiary/aromatic N) is 3. The number of urea groups is 1. The van der Waals surface area contributed by atoms with Crippen molar-refractivity contribution in [2.24, 2.45) is 0 Å². The Labute approximate surface area is 189 Å². The van der Waals surface area contributed by atoms with E-state index in [-0.39, 0.29) is 24.4 Å². The van der Waals surface area contributed by atoms with Crippen LogP contribution in [0, 0.1) is 0 Å². The Morgan fingerprint density at radius 3 is 2.71 bits per heavy atom. The second kappa shape index (κ2) is 10.6. The van der Waals surface area contributed by atoms with Crippen LogP contribution in [0.15, 0.2) is 34.7 Å². The third-order valence-electron chi connectivity index (χ3n) is 4.95. The minimum atomic E-state index is -0.835. The Balaban J connectivity index is 1.80. The number of aliphatic carboxylic acids is 1. The fraction of sp³-hybridized carbons (Fsp3) is 0.429. The number of anilines is 3. The molecule has 8 nitrogen and oxygen atoms in total. The molecule has 1 heterocycles. The van der Waals surface area contributed by atoms with E-state index >= 15 is 0 Å². The van der Waals surface area contributed by atoms with Crippen molar-refractivity contribution in [3.8, 4) is 0 Å². The van der Waals surface area contributed by atoms with E-state index in [1.165, 1.54) is 34.9 Å². The van der Waals surface area contributed by atoms with Gasteiger partial charge in [-0.15, -0.1) is 11.8 Å². The Kier molecular flexibility index (Phi) is 7.91. The molecule has 166 valence electrons. The SMILES string of the molecule is CC(=O)Nc1cccc(N(C(=O)N(C)c2ncc(SCCC(=O)O)s2)C2CCCC2)c1. The molecule has 2 N–H and O–H groups in total. The van der Waals surface area contributed by atoms with Crippen LogP contribution < -0.4 is 15.1 Å². The molecule has 0 unspecified atom stereocenters. The number of carboxylic acids is 1. The van der Waals surface area contributed by atoms with Gasteiger partial charge in [-0.05, 0) is 31.0 Å². The van der Waals surface area contributed by atoms with Gasteiger partial charge >= 0.3 is 12.0 Å². The standard InChI is InChI=1S/C21H26N4O4S2/c1-14(26)23-15-6-5-9-17(12-15)25(16-7-3-4-8-16)21(29)24(2)20-22-13-19(31-20)30-11-10-18(27)28/h5-6,9,12-13,16H,3-4,7-8,10-11H2,1-2H3,(H,23,26)(H,27,28). The second-order valence-corrected chi connectivity index (χ2v) is 9.74. The molecule has 0 atom stereocenters. The molecule has 31 heavy (non-hydrogen) atoms. The molecule has 1 aromatic carbocycles. The van der Waals surface area contributed by atoms with Crippen molar-refractivity contribution >= 4 is 57.5 Å². The van der Waals surface area contributed by atoms with E-state index in [2.05, 4.69) is 10.3 Å². The quantitative estimate of drug-likeness (QED) is 0.553. The number of nitrogens with one attached hydrogen (secondary N) is 1. The third kappa shape index (κ3) is 6.20. The first kappa shape index (κ1) is 23.1. The summed E-state index contributed by atoms with van der Waals surface area (Å²) in [5.41, 5.74) is 1.39. The van der Waals surface area contributed by atoms with E-state index in [0.29, 0.717) is 16.6 Å².